The van der Waals surface area contributed by atoms with Gasteiger partial charge in [0.1, 0.15) is 0 Å². The minimum absolute atomic E-state index is 0.201. The highest BCUT2D eigenvalue weighted by atomic mass is 16.4. The Balaban J connectivity index is 3.45. The van der Waals surface area contributed by atoms with Crippen LogP contribution in [0, 0.1) is 0 Å². The molecule has 0 bridgehead atoms. The van der Waals surface area contributed by atoms with E-state index in [0.717, 1.165) is 38.5 Å². The predicted octanol–water partition coefficient (Wildman–Crippen LogP) is 4.63. The Bertz CT molecular complexity index is 329. The van der Waals surface area contributed by atoms with E-state index in [4.69, 9.17) is 5.11 Å². The Kier molecular flexibility index (Phi) is 14.1. The van der Waals surface area contributed by atoms with E-state index in [1.807, 2.05) is 0 Å². The maximum Gasteiger partial charge on any atom is 0.303 e. The van der Waals surface area contributed by atoms with Gasteiger partial charge in [-0.2, -0.15) is 0 Å². The molecular formula is C18H30O3. The first kappa shape index (κ1) is 19.7. The Labute approximate surface area is 129 Å². The fraction of sp³-hybridized carbons (Fsp3) is 0.611. The van der Waals surface area contributed by atoms with Gasteiger partial charge >= 0.3 is 5.97 Å². The van der Waals surface area contributed by atoms with Crippen LogP contribution in [0.25, 0.3) is 0 Å². The first-order valence-electron chi connectivity index (χ1n) is 8.01. The van der Waals surface area contributed by atoms with Gasteiger partial charge in [-0.1, -0.05) is 49.8 Å². The molecule has 0 aliphatic carbocycles. The molecule has 0 fully saturated rings. The first-order valence-corrected chi connectivity index (χ1v) is 8.01. The average molecular weight is 294 g/mol. The molecule has 0 aromatic rings. The number of carboxylic acid groups (broad SMARTS) is 1. The first-order chi connectivity index (χ1) is 10.2. The fourth-order valence-corrected chi connectivity index (χ4v) is 1.92. The number of aliphatic carboxylic acids is 1. The molecule has 0 rings (SSSR count). The second kappa shape index (κ2) is 15.0. The van der Waals surface area contributed by atoms with Gasteiger partial charge in [-0.05, 0) is 44.9 Å². The molecule has 0 amide bonds. The van der Waals surface area contributed by atoms with E-state index in [1.165, 1.54) is 0 Å². The maximum absolute atomic E-state index is 10.3. The lowest BCUT2D eigenvalue weighted by molar-refractivity contribution is -0.137. The van der Waals surface area contributed by atoms with E-state index in [0.29, 0.717) is 12.8 Å². The van der Waals surface area contributed by atoms with Crippen LogP contribution in [0.4, 0.5) is 0 Å². The van der Waals surface area contributed by atoms with E-state index in [2.05, 4.69) is 43.4 Å². The second-order valence-electron chi connectivity index (χ2n) is 5.16. The van der Waals surface area contributed by atoms with Crippen LogP contribution in [0.15, 0.2) is 36.5 Å². The highest BCUT2D eigenvalue weighted by Crippen LogP contribution is 2.09. The van der Waals surface area contributed by atoms with Gasteiger partial charge in [-0.3, -0.25) is 4.79 Å². The van der Waals surface area contributed by atoms with Gasteiger partial charge in [-0.25, -0.2) is 0 Å². The van der Waals surface area contributed by atoms with Crippen LogP contribution in [0.5, 0.6) is 0 Å². The smallest absolute Gasteiger partial charge is 0.303 e. The van der Waals surface area contributed by atoms with Crippen molar-refractivity contribution < 1.29 is 15.0 Å². The SMILES string of the molecule is CC/C=C\C/C=C\C/C=C\CCC(O)CCCCC(=O)O. The topological polar surface area (TPSA) is 57.5 Å². The maximum atomic E-state index is 10.3. The Morgan fingerprint density at radius 1 is 0.952 bits per heavy atom. The van der Waals surface area contributed by atoms with E-state index in [1.54, 1.807) is 0 Å². The molecule has 0 aliphatic rings. The summed E-state index contributed by atoms with van der Waals surface area (Å²) in [6, 6.07) is 0. The third-order valence-corrected chi connectivity index (χ3v) is 3.12. The molecule has 0 radical (unpaired) electrons. The van der Waals surface area contributed by atoms with Gasteiger partial charge in [-0.15, -0.1) is 0 Å². The monoisotopic (exact) mass is 294 g/mol. The number of hydrogen-bond donors (Lipinski definition) is 2. The van der Waals surface area contributed by atoms with Crippen molar-refractivity contribution >= 4 is 5.97 Å². The van der Waals surface area contributed by atoms with E-state index in [9.17, 15) is 9.90 Å². The lowest BCUT2D eigenvalue weighted by Crippen LogP contribution is -2.06. The minimum atomic E-state index is -0.759. The summed E-state index contributed by atoms with van der Waals surface area (Å²) in [6.07, 6.45) is 19.6. The van der Waals surface area contributed by atoms with E-state index in [-0.39, 0.29) is 12.5 Å². The number of carboxylic acids is 1. The summed E-state index contributed by atoms with van der Waals surface area (Å²) in [6.45, 7) is 2.13. The Morgan fingerprint density at radius 2 is 1.57 bits per heavy atom. The van der Waals surface area contributed by atoms with Crippen molar-refractivity contribution in [2.75, 3.05) is 0 Å². The zero-order valence-corrected chi connectivity index (χ0v) is 13.2. The van der Waals surface area contributed by atoms with Gasteiger partial charge in [0.25, 0.3) is 0 Å². The molecule has 1 unspecified atom stereocenters. The standard InChI is InChI=1S/C18H30O3/c1-2-3-4-5-6-7-8-9-10-11-14-17(19)15-12-13-16-18(20)21/h3-4,6-7,9-10,17,19H,2,5,8,11-16H2,1H3,(H,20,21)/b4-3-,7-6-,10-9-. The van der Waals surface area contributed by atoms with E-state index >= 15 is 0 Å². The quantitative estimate of drug-likeness (QED) is 0.384. The molecule has 0 aliphatic heterocycles. The van der Waals surface area contributed by atoms with Crippen LogP contribution < -0.4 is 0 Å². The fourth-order valence-electron chi connectivity index (χ4n) is 1.92. The molecule has 3 heteroatoms. The summed E-state index contributed by atoms with van der Waals surface area (Å²) in [5.74, 6) is -0.759. The number of aliphatic hydroxyl groups excluding tert-OH is 1. The third-order valence-electron chi connectivity index (χ3n) is 3.12. The highest BCUT2D eigenvalue weighted by molar-refractivity contribution is 5.66. The summed E-state index contributed by atoms with van der Waals surface area (Å²) in [4.78, 5) is 10.3. The van der Waals surface area contributed by atoms with Crippen LogP contribution in [0.3, 0.4) is 0 Å². The highest BCUT2D eigenvalue weighted by Gasteiger charge is 2.03. The number of aliphatic hydroxyl groups is 1. The summed E-state index contributed by atoms with van der Waals surface area (Å²) in [7, 11) is 0. The molecule has 0 aromatic carbocycles. The van der Waals surface area contributed by atoms with Crippen molar-refractivity contribution in [1.82, 2.24) is 0 Å². The largest absolute Gasteiger partial charge is 0.481 e. The van der Waals surface area contributed by atoms with Crippen molar-refractivity contribution in [3.8, 4) is 0 Å². The molecule has 0 aromatic heterocycles. The lowest BCUT2D eigenvalue weighted by Gasteiger charge is -2.07. The van der Waals surface area contributed by atoms with Crippen LogP contribution in [0.1, 0.15) is 64.7 Å². The number of allylic oxidation sites excluding steroid dienone is 6. The van der Waals surface area contributed by atoms with Crippen LogP contribution in [0.2, 0.25) is 0 Å². The van der Waals surface area contributed by atoms with Gasteiger partial charge in [0, 0.05) is 6.42 Å². The summed E-state index contributed by atoms with van der Waals surface area (Å²) in [5.41, 5.74) is 0. The zero-order valence-electron chi connectivity index (χ0n) is 13.2. The summed E-state index contributed by atoms with van der Waals surface area (Å²) in [5, 5.41) is 18.2. The molecule has 0 saturated carbocycles. The third kappa shape index (κ3) is 16.6. The molecule has 2 N–H and O–H groups in total. The normalized spacial score (nSPS) is 13.6. The Morgan fingerprint density at radius 3 is 2.19 bits per heavy atom. The summed E-state index contributed by atoms with van der Waals surface area (Å²) >= 11 is 0. The number of rotatable bonds is 13. The average Bonchev–Trinajstić information content (AvgIpc) is 2.45. The summed E-state index contributed by atoms with van der Waals surface area (Å²) < 4.78 is 0. The Hall–Kier alpha value is -1.35. The van der Waals surface area contributed by atoms with Crippen LogP contribution >= 0.6 is 0 Å². The molecule has 21 heavy (non-hydrogen) atoms. The number of unbranched alkanes of at least 4 members (excludes halogenated alkanes) is 1. The molecule has 0 saturated heterocycles. The van der Waals surface area contributed by atoms with Gasteiger partial charge < -0.3 is 10.2 Å². The van der Waals surface area contributed by atoms with Crippen LogP contribution in [-0.2, 0) is 4.79 Å². The number of carbonyl (C=O) groups is 1. The zero-order chi connectivity index (χ0) is 15.8. The molecule has 3 nitrogen and oxygen atoms in total. The molecule has 1 atom stereocenters. The van der Waals surface area contributed by atoms with Crippen molar-refractivity contribution in [1.29, 1.82) is 0 Å². The van der Waals surface area contributed by atoms with Crippen molar-refractivity contribution in [3.05, 3.63) is 36.5 Å². The van der Waals surface area contributed by atoms with Crippen molar-refractivity contribution in [2.45, 2.75) is 70.8 Å². The van der Waals surface area contributed by atoms with E-state index < -0.39 is 5.97 Å². The molecule has 0 spiro atoms. The van der Waals surface area contributed by atoms with Gasteiger partial charge in [0.05, 0.1) is 6.10 Å². The number of hydrogen-bond acceptors (Lipinski definition) is 2. The predicted molar refractivity (Wildman–Crippen MR) is 88.3 cm³/mol. The minimum Gasteiger partial charge on any atom is -0.481 e. The molecule has 120 valence electrons. The molecular weight excluding hydrogens is 264 g/mol. The molecule has 0 heterocycles. The van der Waals surface area contributed by atoms with Crippen molar-refractivity contribution in [2.24, 2.45) is 0 Å². The second-order valence-corrected chi connectivity index (χ2v) is 5.16. The lowest BCUT2D eigenvalue weighted by atomic mass is 10.1. The van der Waals surface area contributed by atoms with Gasteiger partial charge in [0.2, 0.25) is 0 Å². The van der Waals surface area contributed by atoms with Crippen LogP contribution in [-0.4, -0.2) is 22.3 Å². The van der Waals surface area contributed by atoms with Crippen molar-refractivity contribution in [3.63, 3.8) is 0 Å². The van der Waals surface area contributed by atoms with Gasteiger partial charge in [0.15, 0.2) is 0 Å².